The zero-order valence-electron chi connectivity index (χ0n) is 15.7. The third-order valence-electron chi connectivity index (χ3n) is 4.88. The number of amides is 1. The van der Waals surface area contributed by atoms with Crippen molar-refractivity contribution in [1.29, 1.82) is 0 Å². The highest BCUT2D eigenvalue weighted by Crippen LogP contribution is 2.29. The van der Waals surface area contributed by atoms with E-state index < -0.39 is 0 Å². The highest BCUT2D eigenvalue weighted by molar-refractivity contribution is 5.93. The van der Waals surface area contributed by atoms with Crippen molar-refractivity contribution >= 4 is 47.8 Å². The third-order valence-corrected chi connectivity index (χ3v) is 4.88. The lowest BCUT2D eigenvalue weighted by Crippen LogP contribution is -2.28. The first kappa shape index (κ1) is 22.7. The zero-order chi connectivity index (χ0) is 18.5. The average Bonchev–Trinajstić information content (AvgIpc) is 3.21. The van der Waals surface area contributed by atoms with E-state index in [0.717, 1.165) is 23.6 Å². The summed E-state index contributed by atoms with van der Waals surface area (Å²) in [6, 6.07) is 21.8. The summed E-state index contributed by atoms with van der Waals surface area (Å²) >= 11 is 0. The van der Waals surface area contributed by atoms with Gasteiger partial charge in [-0.1, -0.05) is 30.3 Å². The number of rotatable bonds is 5. The second-order valence-corrected chi connectivity index (χ2v) is 6.72. The van der Waals surface area contributed by atoms with Crippen LogP contribution in [0.25, 0.3) is 0 Å². The largest absolute Gasteiger partial charge is 0.354 e. The maximum Gasteiger partial charge on any atom is 0.229 e. The van der Waals surface area contributed by atoms with E-state index in [-0.39, 0.29) is 42.6 Å². The quantitative estimate of drug-likeness (QED) is 0.552. The third kappa shape index (κ3) is 5.70. The van der Waals surface area contributed by atoms with Gasteiger partial charge in [0.2, 0.25) is 5.91 Å². The summed E-state index contributed by atoms with van der Waals surface area (Å²) in [5.41, 5.74) is 3.89. The Balaban J connectivity index is 0.00000150. The van der Waals surface area contributed by atoms with Gasteiger partial charge in [-0.2, -0.15) is 0 Å². The lowest BCUT2D eigenvalue weighted by molar-refractivity contribution is -0.119. The summed E-state index contributed by atoms with van der Waals surface area (Å²) in [7, 11) is 0. The molecular weight excluding hydrogens is 407 g/mol. The van der Waals surface area contributed by atoms with Gasteiger partial charge in [0.1, 0.15) is 0 Å². The molecule has 1 aliphatic heterocycles. The molecule has 3 N–H and O–H groups in total. The summed E-state index contributed by atoms with van der Waals surface area (Å²) in [5, 5.41) is 9.69. The highest BCUT2D eigenvalue weighted by atomic mass is 35.5. The predicted octanol–water partition coefficient (Wildman–Crippen LogP) is 4.61. The number of aromatic nitrogens is 1. The number of halogens is 2. The number of carbonyl (C=O) groups excluding carboxylic acids is 1. The molecule has 1 fully saturated rings. The molecule has 1 amide bonds. The molecule has 0 unspecified atom stereocenters. The fourth-order valence-corrected chi connectivity index (χ4v) is 3.48. The van der Waals surface area contributed by atoms with Gasteiger partial charge in [-0.05, 0) is 42.0 Å². The molecule has 5 nitrogen and oxygen atoms in total. The molecule has 29 heavy (non-hydrogen) atoms. The van der Waals surface area contributed by atoms with Crippen LogP contribution in [0, 0.1) is 5.92 Å². The second-order valence-electron chi connectivity index (χ2n) is 6.72. The summed E-state index contributed by atoms with van der Waals surface area (Å²) in [5.74, 6) is 0.195. The van der Waals surface area contributed by atoms with Crippen molar-refractivity contribution < 1.29 is 4.79 Å². The lowest BCUT2D eigenvalue weighted by atomic mass is 9.88. The molecule has 2 heterocycles. The first-order valence-corrected chi connectivity index (χ1v) is 9.13. The Bertz CT molecular complexity index is 892. The Kier molecular flexibility index (Phi) is 8.46. The van der Waals surface area contributed by atoms with Gasteiger partial charge in [-0.15, -0.1) is 24.8 Å². The average molecular weight is 431 g/mol. The number of benzene rings is 2. The van der Waals surface area contributed by atoms with Gasteiger partial charge in [-0.25, -0.2) is 0 Å². The molecule has 0 bridgehead atoms. The summed E-state index contributed by atoms with van der Waals surface area (Å²) in [6.07, 6.45) is 3.51. The van der Waals surface area contributed by atoms with Gasteiger partial charge < -0.3 is 16.0 Å². The van der Waals surface area contributed by atoms with Gasteiger partial charge in [0, 0.05) is 36.6 Å². The van der Waals surface area contributed by atoms with Crippen LogP contribution in [0.4, 0.5) is 17.1 Å². The maximum absolute atomic E-state index is 12.8. The van der Waals surface area contributed by atoms with Crippen molar-refractivity contribution in [3.8, 4) is 0 Å². The smallest absolute Gasteiger partial charge is 0.229 e. The normalized spacial score (nSPS) is 17.5. The molecule has 0 radical (unpaired) electrons. The number of nitrogens with one attached hydrogen (secondary N) is 3. The molecule has 4 rings (SSSR count). The number of hydrogen-bond acceptors (Lipinski definition) is 4. The van der Waals surface area contributed by atoms with Crippen LogP contribution >= 0.6 is 24.8 Å². The Labute approximate surface area is 183 Å². The summed E-state index contributed by atoms with van der Waals surface area (Å²) in [6.45, 7) is 1.53. The SMILES string of the molecule is Cl.Cl.O=C(Nc1ccc(Nc2cccnc2)cc1)[C@H]1CNC[C@@H]1c1ccccc1. The Morgan fingerprint density at radius 2 is 1.59 bits per heavy atom. The Morgan fingerprint density at radius 1 is 0.862 bits per heavy atom. The molecular formula is C22H24Cl2N4O. The molecule has 0 spiro atoms. The second kappa shape index (κ2) is 10.8. The van der Waals surface area contributed by atoms with Crippen LogP contribution in [-0.4, -0.2) is 24.0 Å². The molecule has 152 valence electrons. The van der Waals surface area contributed by atoms with Crippen molar-refractivity contribution in [1.82, 2.24) is 10.3 Å². The van der Waals surface area contributed by atoms with E-state index in [4.69, 9.17) is 0 Å². The molecule has 7 heteroatoms. The van der Waals surface area contributed by atoms with Crippen LogP contribution in [0.15, 0.2) is 79.1 Å². The Morgan fingerprint density at radius 3 is 2.28 bits per heavy atom. The van der Waals surface area contributed by atoms with Crippen molar-refractivity contribution in [2.75, 3.05) is 23.7 Å². The van der Waals surface area contributed by atoms with E-state index in [1.54, 1.807) is 12.4 Å². The van der Waals surface area contributed by atoms with Gasteiger partial charge in [0.15, 0.2) is 0 Å². The van der Waals surface area contributed by atoms with E-state index >= 15 is 0 Å². The van der Waals surface area contributed by atoms with Crippen LogP contribution < -0.4 is 16.0 Å². The van der Waals surface area contributed by atoms with Crippen molar-refractivity contribution in [2.24, 2.45) is 5.92 Å². The number of pyridine rings is 1. The molecule has 0 aliphatic carbocycles. The number of nitrogens with zero attached hydrogens (tertiary/aromatic N) is 1. The van der Waals surface area contributed by atoms with Crippen molar-refractivity contribution in [3.05, 3.63) is 84.7 Å². The number of carbonyl (C=O) groups is 1. The molecule has 1 aliphatic rings. The molecule has 2 atom stereocenters. The van der Waals surface area contributed by atoms with Crippen LogP contribution in [0.3, 0.4) is 0 Å². The summed E-state index contributed by atoms with van der Waals surface area (Å²) in [4.78, 5) is 16.9. The standard InChI is InChI=1S/C22H22N4O.2ClH/c27-22(21-15-24-14-20(21)16-5-2-1-3-6-16)26-18-10-8-17(9-11-18)25-19-7-4-12-23-13-19;;/h1-13,20-21,24-25H,14-15H2,(H,26,27);2*1H/t20-,21+;;/m1../s1. The number of hydrogen-bond donors (Lipinski definition) is 3. The van der Waals surface area contributed by atoms with Crippen LogP contribution in [0.2, 0.25) is 0 Å². The van der Waals surface area contributed by atoms with E-state index in [0.29, 0.717) is 6.54 Å². The summed E-state index contributed by atoms with van der Waals surface area (Å²) < 4.78 is 0. The molecule has 1 saturated heterocycles. The predicted molar refractivity (Wildman–Crippen MR) is 123 cm³/mol. The van der Waals surface area contributed by atoms with Gasteiger partial charge in [0.25, 0.3) is 0 Å². The van der Waals surface area contributed by atoms with Crippen LogP contribution in [0.5, 0.6) is 0 Å². The van der Waals surface area contributed by atoms with Gasteiger partial charge >= 0.3 is 0 Å². The van der Waals surface area contributed by atoms with E-state index in [9.17, 15) is 4.79 Å². The fraction of sp³-hybridized carbons (Fsp3) is 0.182. The minimum Gasteiger partial charge on any atom is -0.354 e. The van der Waals surface area contributed by atoms with Crippen molar-refractivity contribution in [3.63, 3.8) is 0 Å². The molecule has 2 aromatic carbocycles. The van der Waals surface area contributed by atoms with Crippen molar-refractivity contribution in [2.45, 2.75) is 5.92 Å². The molecule has 3 aromatic rings. The van der Waals surface area contributed by atoms with Gasteiger partial charge in [0.05, 0.1) is 17.8 Å². The van der Waals surface area contributed by atoms with Crippen LogP contribution in [-0.2, 0) is 4.79 Å². The van der Waals surface area contributed by atoms with E-state index in [1.807, 2.05) is 54.6 Å². The Hall–Kier alpha value is -2.60. The zero-order valence-corrected chi connectivity index (χ0v) is 17.4. The van der Waals surface area contributed by atoms with E-state index in [1.165, 1.54) is 5.56 Å². The fourth-order valence-electron chi connectivity index (χ4n) is 3.48. The number of anilines is 3. The lowest BCUT2D eigenvalue weighted by Gasteiger charge is -2.18. The van der Waals surface area contributed by atoms with E-state index in [2.05, 4.69) is 33.1 Å². The van der Waals surface area contributed by atoms with Crippen LogP contribution in [0.1, 0.15) is 11.5 Å². The topological polar surface area (TPSA) is 66.0 Å². The minimum absolute atomic E-state index is 0. The van der Waals surface area contributed by atoms with Gasteiger partial charge in [-0.3, -0.25) is 9.78 Å². The minimum atomic E-state index is -0.0689. The maximum atomic E-state index is 12.8. The monoisotopic (exact) mass is 430 g/mol. The first-order chi connectivity index (χ1) is 13.3. The molecule has 1 aromatic heterocycles. The molecule has 0 saturated carbocycles. The first-order valence-electron chi connectivity index (χ1n) is 9.13. The highest BCUT2D eigenvalue weighted by Gasteiger charge is 2.33.